The molecule has 0 spiro atoms. The highest BCUT2D eigenvalue weighted by atomic mass is 16.1. The first-order valence-corrected chi connectivity index (χ1v) is 7.30. The van der Waals surface area contributed by atoms with E-state index in [-0.39, 0.29) is 11.9 Å². The van der Waals surface area contributed by atoms with Crippen molar-refractivity contribution in [2.75, 3.05) is 5.73 Å². The molecule has 3 nitrogen and oxygen atoms in total. The SMILES string of the molecule is C[C@H](NC(=O)c1ccccc1N)[C@@H]1C[C@H]2CC[C@H]1C2. The normalized spacial score (nSPS) is 30.3. The van der Waals surface area contributed by atoms with Gasteiger partial charge < -0.3 is 11.1 Å². The number of nitrogens with two attached hydrogens (primary N) is 1. The lowest BCUT2D eigenvalue weighted by atomic mass is 9.84. The first-order chi connectivity index (χ1) is 9.15. The van der Waals surface area contributed by atoms with Crippen LogP contribution in [0.2, 0.25) is 0 Å². The quantitative estimate of drug-likeness (QED) is 0.819. The van der Waals surface area contributed by atoms with E-state index in [4.69, 9.17) is 5.73 Å². The number of fused-ring (bicyclic) bond motifs is 2. The molecular weight excluding hydrogens is 236 g/mol. The van der Waals surface area contributed by atoms with Crippen molar-refractivity contribution >= 4 is 11.6 Å². The van der Waals surface area contributed by atoms with Crippen LogP contribution >= 0.6 is 0 Å². The smallest absolute Gasteiger partial charge is 0.253 e. The lowest BCUT2D eigenvalue weighted by Gasteiger charge is -2.28. The van der Waals surface area contributed by atoms with E-state index in [9.17, 15) is 4.79 Å². The van der Waals surface area contributed by atoms with Crippen LogP contribution in [0.4, 0.5) is 5.69 Å². The van der Waals surface area contributed by atoms with E-state index < -0.39 is 0 Å². The van der Waals surface area contributed by atoms with Crippen LogP contribution in [-0.2, 0) is 0 Å². The molecule has 19 heavy (non-hydrogen) atoms. The predicted molar refractivity (Wildman–Crippen MR) is 76.7 cm³/mol. The van der Waals surface area contributed by atoms with Crippen molar-refractivity contribution in [3.8, 4) is 0 Å². The van der Waals surface area contributed by atoms with Gasteiger partial charge in [0.05, 0.1) is 5.56 Å². The van der Waals surface area contributed by atoms with Crippen LogP contribution in [-0.4, -0.2) is 11.9 Å². The van der Waals surface area contributed by atoms with Gasteiger partial charge in [-0.3, -0.25) is 4.79 Å². The Morgan fingerprint density at radius 3 is 2.74 bits per heavy atom. The molecule has 2 fully saturated rings. The van der Waals surface area contributed by atoms with Crippen molar-refractivity contribution in [2.45, 2.75) is 38.6 Å². The molecule has 102 valence electrons. The number of nitrogens with one attached hydrogen (secondary N) is 1. The van der Waals surface area contributed by atoms with Crippen molar-refractivity contribution < 1.29 is 4.79 Å². The van der Waals surface area contributed by atoms with Crippen LogP contribution in [0.1, 0.15) is 43.0 Å². The molecule has 1 aromatic rings. The maximum atomic E-state index is 12.2. The molecule has 2 bridgehead atoms. The lowest BCUT2D eigenvalue weighted by molar-refractivity contribution is 0.0916. The Morgan fingerprint density at radius 2 is 2.11 bits per heavy atom. The molecule has 0 aliphatic heterocycles. The minimum Gasteiger partial charge on any atom is -0.398 e. The van der Waals surface area contributed by atoms with E-state index in [1.807, 2.05) is 12.1 Å². The Hall–Kier alpha value is -1.51. The van der Waals surface area contributed by atoms with Gasteiger partial charge in [0.15, 0.2) is 0 Å². The number of carbonyl (C=O) groups is 1. The van der Waals surface area contributed by atoms with Crippen molar-refractivity contribution in [2.24, 2.45) is 17.8 Å². The third-order valence-electron chi connectivity index (χ3n) is 5.00. The topological polar surface area (TPSA) is 55.1 Å². The summed E-state index contributed by atoms with van der Waals surface area (Å²) in [6.45, 7) is 2.14. The third kappa shape index (κ3) is 2.34. The van der Waals surface area contributed by atoms with Crippen LogP contribution in [0.25, 0.3) is 0 Å². The molecule has 2 aliphatic rings. The summed E-state index contributed by atoms with van der Waals surface area (Å²) < 4.78 is 0. The summed E-state index contributed by atoms with van der Waals surface area (Å²) >= 11 is 0. The van der Waals surface area contributed by atoms with E-state index in [1.165, 1.54) is 25.7 Å². The molecule has 3 heteroatoms. The molecule has 0 radical (unpaired) electrons. The minimum atomic E-state index is -0.0339. The fourth-order valence-electron chi connectivity index (χ4n) is 4.00. The second-order valence-electron chi connectivity index (χ2n) is 6.19. The molecule has 1 amide bonds. The second kappa shape index (κ2) is 4.87. The summed E-state index contributed by atoms with van der Waals surface area (Å²) in [4.78, 5) is 12.2. The molecule has 0 heterocycles. The maximum absolute atomic E-state index is 12.2. The zero-order valence-electron chi connectivity index (χ0n) is 11.4. The highest BCUT2D eigenvalue weighted by Gasteiger charge is 2.42. The van der Waals surface area contributed by atoms with Crippen LogP contribution in [0.15, 0.2) is 24.3 Å². The van der Waals surface area contributed by atoms with Crippen LogP contribution < -0.4 is 11.1 Å². The summed E-state index contributed by atoms with van der Waals surface area (Å²) in [6.07, 6.45) is 5.41. The van der Waals surface area contributed by atoms with E-state index in [0.717, 1.165) is 11.8 Å². The monoisotopic (exact) mass is 258 g/mol. The molecule has 4 atom stereocenters. The predicted octanol–water partition coefficient (Wildman–Crippen LogP) is 2.82. The average molecular weight is 258 g/mol. The standard InChI is InChI=1S/C16H22N2O/c1-10(14-9-11-6-7-12(14)8-11)18-16(19)13-4-2-3-5-15(13)17/h2-5,10-12,14H,6-9,17H2,1H3,(H,18,19)/t10-,11-,12-,14-/m0/s1. The number of para-hydroxylation sites is 1. The molecule has 0 aromatic heterocycles. The molecule has 0 unspecified atom stereocenters. The number of hydrogen-bond acceptors (Lipinski definition) is 2. The summed E-state index contributed by atoms with van der Waals surface area (Å²) in [7, 11) is 0. The van der Waals surface area contributed by atoms with Gasteiger partial charge in [-0.05, 0) is 56.1 Å². The van der Waals surface area contributed by atoms with Gasteiger partial charge in [0.2, 0.25) is 0 Å². The van der Waals surface area contributed by atoms with Gasteiger partial charge in [-0.1, -0.05) is 18.6 Å². The van der Waals surface area contributed by atoms with Gasteiger partial charge >= 0.3 is 0 Å². The first-order valence-electron chi connectivity index (χ1n) is 7.30. The van der Waals surface area contributed by atoms with Crippen LogP contribution in [0.5, 0.6) is 0 Å². The summed E-state index contributed by atoms with van der Waals surface area (Å²) in [5.74, 6) is 2.37. The third-order valence-corrected chi connectivity index (χ3v) is 5.00. The van der Waals surface area contributed by atoms with Gasteiger partial charge in [-0.15, -0.1) is 0 Å². The molecule has 3 rings (SSSR count). The van der Waals surface area contributed by atoms with Crippen molar-refractivity contribution in [1.82, 2.24) is 5.32 Å². The molecular formula is C16H22N2O. The van der Waals surface area contributed by atoms with E-state index >= 15 is 0 Å². The number of hydrogen-bond donors (Lipinski definition) is 2. The van der Waals surface area contributed by atoms with Gasteiger partial charge in [-0.25, -0.2) is 0 Å². The summed E-state index contributed by atoms with van der Waals surface area (Å²) in [6, 6.07) is 7.52. The van der Waals surface area contributed by atoms with E-state index in [1.54, 1.807) is 12.1 Å². The van der Waals surface area contributed by atoms with Gasteiger partial charge in [-0.2, -0.15) is 0 Å². The number of benzene rings is 1. The van der Waals surface area contributed by atoms with E-state index in [2.05, 4.69) is 12.2 Å². The number of anilines is 1. The zero-order chi connectivity index (χ0) is 13.4. The van der Waals surface area contributed by atoms with E-state index in [0.29, 0.717) is 17.2 Å². The maximum Gasteiger partial charge on any atom is 0.253 e. The zero-order valence-corrected chi connectivity index (χ0v) is 11.4. The summed E-state index contributed by atoms with van der Waals surface area (Å²) in [5, 5.41) is 3.14. The van der Waals surface area contributed by atoms with Gasteiger partial charge in [0.1, 0.15) is 0 Å². The highest BCUT2D eigenvalue weighted by Crippen LogP contribution is 2.49. The lowest BCUT2D eigenvalue weighted by Crippen LogP contribution is -2.40. The van der Waals surface area contributed by atoms with Crippen LogP contribution in [0, 0.1) is 17.8 Å². The Bertz CT molecular complexity index is 485. The first kappa shape index (κ1) is 12.5. The Morgan fingerprint density at radius 1 is 1.32 bits per heavy atom. The number of nitrogen functional groups attached to an aromatic ring is 1. The van der Waals surface area contributed by atoms with Gasteiger partial charge in [0.25, 0.3) is 5.91 Å². The fraction of sp³-hybridized carbons (Fsp3) is 0.562. The average Bonchev–Trinajstić information content (AvgIpc) is 3.01. The molecule has 2 saturated carbocycles. The minimum absolute atomic E-state index is 0.0339. The largest absolute Gasteiger partial charge is 0.398 e. The number of carbonyl (C=O) groups excluding carboxylic acids is 1. The Labute approximate surface area is 114 Å². The fourth-order valence-corrected chi connectivity index (χ4v) is 4.00. The van der Waals surface area contributed by atoms with Gasteiger partial charge in [0, 0.05) is 11.7 Å². The van der Waals surface area contributed by atoms with Crippen molar-refractivity contribution in [3.05, 3.63) is 29.8 Å². The Kier molecular flexibility index (Phi) is 3.21. The molecule has 1 aromatic carbocycles. The van der Waals surface area contributed by atoms with Crippen molar-refractivity contribution in [3.63, 3.8) is 0 Å². The van der Waals surface area contributed by atoms with Crippen molar-refractivity contribution in [1.29, 1.82) is 0 Å². The summed E-state index contributed by atoms with van der Waals surface area (Å²) in [5.41, 5.74) is 7.00. The number of amides is 1. The number of rotatable bonds is 3. The molecule has 2 aliphatic carbocycles. The molecule has 0 saturated heterocycles. The highest BCUT2D eigenvalue weighted by molar-refractivity contribution is 5.99. The van der Waals surface area contributed by atoms with Crippen LogP contribution in [0.3, 0.4) is 0 Å². The second-order valence-corrected chi connectivity index (χ2v) is 6.19. The Balaban J connectivity index is 1.65. The molecule has 3 N–H and O–H groups in total.